The van der Waals surface area contributed by atoms with E-state index in [1.165, 1.54) is 5.32 Å². The minimum Gasteiger partial charge on any atom is -0.494 e. The van der Waals surface area contributed by atoms with Gasteiger partial charge in [0.2, 0.25) is 0 Å². The van der Waals surface area contributed by atoms with Gasteiger partial charge in [-0.15, -0.1) is 0 Å². The Hall–Kier alpha value is -2.13. The predicted molar refractivity (Wildman–Crippen MR) is 64.3 cm³/mol. The Kier molecular flexibility index (Phi) is 5.89. The van der Waals surface area contributed by atoms with Crippen LogP contribution in [0.1, 0.15) is 11.6 Å². The van der Waals surface area contributed by atoms with Crippen LogP contribution in [-0.4, -0.2) is 32.3 Å². The van der Waals surface area contributed by atoms with Gasteiger partial charge >= 0.3 is 12.2 Å². The van der Waals surface area contributed by atoms with Crippen molar-refractivity contribution in [2.75, 3.05) is 13.7 Å². The molecule has 0 saturated carbocycles. The number of methoxy groups -OCH3 is 1. The lowest BCUT2D eigenvalue weighted by molar-refractivity contribution is -0.155. The van der Waals surface area contributed by atoms with Crippen molar-refractivity contribution in [2.24, 2.45) is 0 Å². The van der Waals surface area contributed by atoms with Crippen LogP contribution in [0.3, 0.4) is 0 Å². The van der Waals surface area contributed by atoms with Gasteiger partial charge in [-0.25, -0.2) is 18.0 Å². The quantitative estimate of drug-likeness (QED) is 0.816. The molecule has 0 heterocycles. The molecule has 0 bridgehead atoms. The van der Waals surface area contributed by atoms with Crippen LogP contribution < -0.4 is 15.4 Å². The molecule has 4 nitrogen and oxygen atoms in total. The lowest BCUT2D eigenvalue weighted by atomic mass is 10.1. The normalized spacial score (nSPS) is 12.9. The standard InChI is InChI=1S/C12H12F6N2O2/c1-22-8-3-2-6(4-7(8)13)10(12(16,17)18)20-11(21)19-5-9(14)15/h2-4,9-10H,5H2,1H3,(H2,19,20,21)/t10-/m0/s1. The third kappa shape index (κ3) is 5.01. The Morgan fingerprint density at radius 3 is 2.41 bits per heavy atom. The van der Waals surface area contributed by atoms with E-state index in [0.717, 1.165) is 19.2 Å². The van der Waals surface area contributed by atoms with E-state index < -0.39 is 42.6 Å². The first-order valence-electron chi connectivity index (χ1n) is 5.87. The summed E-state index contributed by atoms with van der Waals surface area (Å²) in [4.78, 5) is 11.2. The van der Waals surface area contributed by atoms with Crippen LogP contribution in [-0.2, 0) is 0 Å². The molecule has 0 radical (unpaired) electrons. The van der Waals surface area contributed by atoms with Gasteiger partial charge in [0.05, 0.1) is 13.7 Å². The molecule has 0 aliphatic carbocycles. The molecule has 22 heavy (non-hydrogen) atoms. The fourth-order valence-corrected chi connectivity index (χ4v) is 1.57. The summed E-state index contributed by atoms with van der Waals surface area (Å²) in [6.07, 6.45) is -7.85. The van der Waals surface area contributed by atoms with Gasteiger partial charge in [-0.1, -0.05) is 6.07 Å². The topological polar surface area (TPSA) is 50.4 Å². The number of amides is 2. The Labute approximate surface area is 121 Å². The van der Waals surface area contributed by atoms with E-state index in [9.17, 15) is 31.1 Å². The van der Waals surface area contributed by atoms with Crippen molar-refractivity contribution in [3.8, 4) is 5.75 Å². The van der Waals surface area contributed by atoms with Crippen LogP contribution in [0.5, 0.6) is 5.75 Å². The number of rotatable bonds is 5. The molecular weight excluding hydrogens is 318 g/mol. The van der Waals surface area contributed by atoms with Crippen LogP contribution in [0.15, 0.2) is 18.2 Å². The van der Waals surface area contributed by atoms with Crippen molar-refractivity contribution < 1.29 is 35.9 Å². The molecule has 124 valence electrons. The monoisotopic (exact) mass is 330 g/mol. The lowest BCUT2D eigenvalue weighted by Crippen LogP contribution is -2.44. The van der Waals surface area contributed by atoms with Gasteiger partial charge in [0.25, 0.3) is 6.43 Å². The van der Waals surface area contributed by atoms with Crippen molar-refractivity contribution in [3.05, 3.63) is 29.6 Å². The van der Waals surface area contributed by atoms with E-state index in [2.05, 4.69) is 4.74 Å². The molecule has 2 amide bonds. The van der Waals surface area contributed by atoms with Gasteiger partial charge in [-0.05, 0) is 17.7 Å². The smallest absolute Gasteiger partial charge is 0.412 e. The molecule has 1 aromatic carbocycles. The SMILES string of the molecule is COc1ccc([C@H](NC(=O)NCC(F)F)C(F)(F)F)cc1F. The number of urea groups is 1. The molecule has 0 aliphatic rings. The summed E-state index contributed by atoms with van der Waals surface area (Å²) in [5.41, 5.74) is -0.599. The Balaban J connectivity index is 2.94. The zero-order valence-electron chi connectivity index (χ0n) is 11.2. The number of hydrogen-bond acceptors (Lipinski definition) is 2. The summed E-state index contributed by atoms with van der Waals surface area (Å²) in [7, 11) is 1.13. The highest BCUT2D eigenvalue weighted by molar-refractivity contribution is 5.74. The number of hydrogen-bond donors (Lipinski definition) is 2. The van der Waals surface area contributed by atoms with Crippen molar-refractivity contribution in [3.63, 3.8) is 0 Å². The third-order valence-electron chi connectivity index (χ3n) is 2.53. The molecule has 1 atom stereocenters. The number of nitrogens with one attached hydrogen (secondary N) is 2. The maximum atomic E-state index is 13.5. The molecule has 10 heteroatoms. The predicted octanol–water partition coefficient (Wildman–Crippen LogP) is 3.00. The maximum absolute atomic E-state index is 13.5. The Morgan fingerprint density at radius 2 is 1.95 bits per heavy atom. The molecule has 1 aromatic rings. The second kappa shape index (κ2) is 7.23. The van der Waals surface area contributed by atoms with E-state index in [0.29, 0.717) is 6.07 Å². The van der Waals surface area contributed by atoms with Crippen molar-refractivity contribution in [2.45, 2.75) is 18.6 Å². The molecule has 0 saturated heterocycles. The fourth-order valence-electron chi connectivity index (χ4n) is 1.57. The highest BCUT2D eigenvalue weighted by Crippen LogP contribution is 2.34. The molecule has 1 rings (SSSR count). The highest BCUT2D eigenvalue weighted by atomic mass is 19.4. The third-order valence-corrected chi connectivity index (χ3v) is 2.53. The number of halogens is 6. The van der Waals surface area contributed by atoms with Gasteiger partial charge in [-0.3, -0.25) is 0 Å². The largest absolute Gasteiger partial charge is 0.494 e. The van der Waals surface area contributed by atoms with E-state index in [1.807, 2.05) is 0 Å². The molecule has 0 unspecified atom stereocenters. The maximum Gasteiger partial charge on any atom is 0.412 e. The van der Waals surface area contributed by atoms with Gasteiger partial charge in [-0.2, -0.15) is 13.2 Å². The van der Waals surface area contributed by atoms with Crippen LogP contribution in [0, 0.1) is 5.82 Å². The second-order valence-corrected chi connectivity index (χ2v) is 4.11. The average Bonchev–Trinajstić information content (AvgIpc) is 2.41. The Bertz CT molecular complexity index is 521. The number of benzene rings is 1. The fraction of sp³-hybridized carbons (Fsp3) is 0.417. The summed E-state index contributed by atoms with van der Waals surface area (Å²) in [6.45, 7) is -1.10. The second-order valence-electron chi connectivity index (χ2n) is 4.11. The summed E-state index contributed by atoms with van der Waals surface area (Å²) >= 11 is 0. The first-order chi connectivity index (χ1) is 10.1. The highest BCUT2D eigenvalue weighted by Gasteiger charge is 2.42. The molecule has 0 spiro atoms. The van der Waals surface area contributed by atoms with Crippen LogP contribution in [0.2, 0.25) is 0 Å². The van der Waals surface area contributed by atoms with E-state index in [-0.39, 0.29) is 5.75 Å². The first-order valence-corrected chi connectivity index (χ1v) is 5.87. The zero-order valence-corrected chi connectivity index (χ0v) is 11.2. The lowest BCUT2D eigenvalue weighted by Gasteiger charge is -2.22. The van der Waals surface area contributed by atoms with E-state index in [4.69, 9.17) is 0 Å². The summed E-state index contributed by atoms with van der Waals surface area (Å²) in [5, 5.41) is 3.05. The number of ether oxygens (including phenoxy) is 1. The molecule has 0 fully saturated rings. The molecule has 2 N–H and O–H groups in total. The van der Waals surface area contributed by atoms with Crippen LogP contribution >= 0.6 is 0 Å². The summed E-state index contributed by atoms with van der Waals surface area (Å²) < 4.78 is 80.6. The van der Waals surface area contributed by atoms with Crippen LogP contribution in [0.4, 0.5) is 31.1 Å². The molecule has 0 aromatic heterocycles. The van der Waals surface area contributed by atoms with Gasteiger partial charge in [0, 0.05) is 0 Å². The van der Waals surface area contributed by atoms with Crippen molar-refractivity contribution in [1.29, 1.82) is 0 Å². The zero-order chi connectivity index (χ0) is 16.9. The van der Waals surface area contributed by atoms with E-state index >= 15 is 0 Å². The van der Waals surface area contributed by atoms with Crippen LogP contribution in [0.25, 0.3) is 0 Å². The summed E-state index contributed by atoms with van der Waals surface area (Å²) in [5.74, 6) is -1.32. The molecular formula is C12H12F6N2O2. The van der Waals surface area contributed by atoms with Crippen molar-refractivity contribution in [1.82, 2.24) is 10.6 Å². The van der Waals surface area contributed by atoms with Gasteiger partial charge in [0.1, 0.15) is 0 Å². The minimum atomic E-state index is -4.94. The minimum absolute atomic E-state index is 0.271. The average molecular weight is 330 g/mol. The van der Waals surface area contributed by atoms with Crippen molar-refractivity contribution >= 4 is 6.03 Å². The summed E-state index contributed by atoms with van der Waals surface area (Å²) in [6, 6.07) is -1.58. The first kappa shape index (κ1) is 17.9. The molecule has 0 aliphatic heterocycles. The number of carbonyl (C=O) groups is 1. The van der Waals surface area contributed by atoms with Gasteiger partial charge < -0.3 is 15.4 Å². The van der Waals surface area contributed by atoms with Gasteiger partial charge in [0.15, 0.2) is 17.6 Å². The Morgan fingerprint density at radius 1 is 1.32 bits per heavy atom. The number of carbonyl (C=O) groups excluding carboxylic acids is 1. The number of alkyl halides is 5. The van der Waals surface area contributed by atoms with E-state index in [1.54, 1.807) is 5.32 Å².